The van der Waals surface area contributed by atoms with Crippen LogP contribution < -0.4 is 24.8 Å². The maximum atomic E-state index is 11.5. The third kappa shape index (κ3) is 5.02. The second-order valence-corrected chi connectivity index (χ2v) is 8.28. The third-order valence-electron chi connectivity index (χ3n) is 5.98. The highest BCUT2D eigenvalue weighted by molar-refractivity contribution is 5.95. The summed E-state index contributed by atoms with van der Waals surface area (Å²) >= 11 is 0. The van der Waals surface area contributed by atoms with E-state index < -0.39 is 0 Å². The molecule has 1 saturated heterocycles. The Labute approximate surface area is 192 Å². The predicted molar refractivity (Wildman–Crippen MR) is 124 cm³/mol. The van der Waals surface area contributed by atoms with Gasteiger partial charge in [0, 0.05) is 24.2 Å². The van der Waals surface area contributed by atoms with Crippen molar-refractivity contribution in [2.45, 2.75) is 31.5 Å². The minimum absolute atomic E-state index is 0.0491. The predicted octanol–water partition coefficient (Wildman–Crippen LogP) is 3.29. The van der Waals surface area contributed by atoms with Gasteiger partial charge in [-0.05, 0) is 54.8 Å². The Kier molecular flexibility index (Phi) is 6.28. The van der Waals surface area contributed by atoms with Gasteiger partial charge in [0.1, 0.15) is 23.9 Å². The van der Waals surface area contributed by atoms with Crippen molar-refractivity contribution in [2.75, 3.05) is 32.2 Å². The molecule has 2 aliphatic rings. The fourth-order valence-corrected chi connectivity index (χ4v) is 4.14. The Morgan fingerprint density at radius 2 is 2.12 bits per heavy atom. The largest absolute Gasteiger partial charge is 0.497 e. The number of fused-ring (bicyclic) bond motifs is 2. The fraction of sp³-hybridized carbons (Fsp3) is 0.360. The van der Waals surface area contributed by atoms with Crippen LogP contribution in [0.1, 0.15) is 18.4 Å². The monoisotopic (exact) mass is 449 g/mol. The summed E-state index contributed by atoms with van der Waals surface area (Å²) in [4.78, 5) is 15.9. The van der Waals surface area contributed by atoms with Gasteiger partial charge >= 0.3 is 0 Å². The van der Waals surface area contributed by atoms with Crippen LogP contribution in [-0.2, 0) is 16.1 Å². The molecule has 5 rings (SSSR count). The first-order valence-corrected chi connectivity index (χ1v) is 11.1. The van der Waals surface area contributed by atoms with E-state index in [2.05, 4.69) is 15.6 Å². The van der Waals surface area contributed by atoms with Crippen molar-refractivity contribution >= 4 is 22.5 Å². The first-order chi connectivity index (χ1) is 16.2. The number of ether oxygens (including phenoxy) is 4. The number of carbonyl (C=O) groups is 1. The maximum Gasteiger partial charge on any atom is 0.262 e. The zero-order valence-corrected chi connectivity index (χ0v) is 18.5. The number of pyridine rings is 1. The van der Waals surface area contributed by atoms with Crippen LogP contribution in [0.15, 0.2) is 48.7 Å². The highest BCUT2D eigenvalue weighted by Crippen LogP contribution is 2.29. The van der Waals surface area contributed by atoms with Gasteiger partial charge in [-0.15, -0.1) is 0 Å². The number of hydrogen-bond acceptors (Lipinski definition) is 7. The Morgan fingerprint density at radius 1 is 1.18 bits per heavy atom. The number of amides is 1. The average Bonchev–Trinajstić information content (AvgIpc) is 2.86. The molecule has 2 atom stereocenters. The van der Waals surface area contributed by atoms with Crippen LogP contribution in [0.2, 0.25) is 0 Å². The second-order valence-electron chi connectivity index (χ2n) is 8.28. The molecule has 0 spiro atoms. The molecule has 8 heteroatoms. The van der Waals surface area contributed by atoms with Crippen molar-refractivity contribution in [3.8, 4) is 17.2 Å². The van der Waals surface area contributed by atoms with E-state index >= 15 is 0 Å². The normalized spacial score (nSPS) is 20.0. The van der Waals surface area contributed by atoms with Crippen molar-refractivity contribution in [1.29, 1.82) is 0 Å². The molecule has 0 bridgehead atoms. The molecule has 2 aromatic carbocycles. The van der Waals surface area contributed by atoms with Crippen LogP contribution in [0.5, 0.6) is 17.2 Å². The number of nitrogens with one attached hydrogen (secondary N) is 2. The molecule has 0 radical (unpaired) electrons. The molecule has 3 heterocycles. The topological polar surface area (TPSA) is 90.9 Å². The maximum absolute atomic E-state index is 11.5. The number of anilines is 1. The van der Waals surface area contributed by atoms with E-state index in [-0.39, 0.29) is 24.7 Å². The van der Waals surface area contributed by atoms with Crippen molar-refractivity contribution in [3.05, 3.63) is 54.2 Å². The summed E-state index contributed by atoms with van der Waals surface area (Å²) in [6.07, 6.45) is 3.72. The zero-order valence-electron chi connectivity index (χ0n) is 18.5. The Bertz CT molecular complexity index is 1140. The first kappa shape index (κ1) is 21.5. The molecule has 1 fully saturated rings. The van der Waals surface area contributed by atoms with E-state index in [1.54, 1.807) is 13.3 Å². The number of methoxy groups -OCH3 is 1. The van der Waals surface area contributed by atoms with Crippen LogP contribution >= 0.6 is 0 Å². The zero-order chi connectivity index (χ0) is 22.6. The summed E-state index contributed by atoms with van der Waals surface area (Å²) < 4.78 is 22.9. The van der Waals surface area contributed by atoms with Gasteiger partial charge in [0.25, 0.3) is 5.91 Å². The first-order valence-electron chi connectivity index (χ1n) is 11.1. The summed E-state index contributed by atoms with van der Waals surface area (Å²) in [6, 6.07) is 13.8. The lowest BCUT2D eigenvalue weighted by Crippen LogP contribution is -2.41. The lowest BCUT2D eigenvalue weighted by Gasteiger charge is -2.30. The van der Waals surface area contributed by atoms with E-state index in [1.807, 2.05) is 42.5 Å². The molecule has 2 aliphatic heterocycles. The molecule has 1 aromatic heterocycles. The van der Waals surface area contributed by atoms with E-state index in [4.69, 9.17) is 18.9 Å². The highest BCUT2D eigenvalue weighted by atomic mass is 16.5. The number of hydrogen-bond donors (Lipinski definition) is 2. The van der Waals surface area contributed by atoms with Crippen LogP contribution in [0.4, 0.5) is 5.69 Å². The number of carbonyl (C=O) groups excluding carboxylic acids is 1. The third-order valence-corrected chi connectivity index (χ3v) is 5.98. The van der Waals surface area contributed by atoms with Gasteiger partial charge in [-0.3, -0.25) is 9.78 Å². The van der Waals surface area contributed by atoms with Gasteiger partial charge < -0.3 is 29.6 Å². The van der Waals surface area contributed by atoms with Gasteiger partial charge in [0.05, 0.1) is 31.0 Å². The minimum Gasteiger partial charge on any atom is -0.497 e. The van der Waals surface area contributed by atoms with Crippen molar-refractivity contribution in [2.24, 2.45) is 0 Å². The van der Waals surface area contributed by atoms with Crippen LogP contribution in [0, 0.1) is 0 Å². The number of aromatic nitrogens is 1. The molecule has 33 heavy (non-hydrogen) atoms. The van der Waals surface area contributed by atoms with Gasteiger partial charge in [0.15, 0.2) is 6.61 Å². The Balaban J connectivity index is 1.11. The molecule has 2 N–H and O–H groups in total. The highest BCUT2D eigenvalue weighted by Gasteiger charge is 2.23. The summed E-state index contributed by atoms with van der Waals surface area (Å²) in [5.74, 6) is 2.14. The van der Waals surface area contributed by atoms with Gasteiger partial charge in [-0.1, -0.05) is 6.07 Å². The van der Waals surface area contributed by atoms with Gasteiger partial charge in [-0.25, -0.2) is 0 Å². The average molecular weight is 450 g/mol. The van der Waals surface area contributed by atoms with E-state index in [0.29, 0.717) is 25.5 Å². The van der Waals surface area contributed by atoms with Gasteiger partial charge in [-0.2, -0.15) is 0 Å². The standard InChI is InChI=1S/C25H27N3O5/c1-30-18-5-6-21-20(11-18)23(8-9-26-21)32-14-19-4-3-17(13-31-19)27-12-16-2-7-24-22(10-16)28-25(29)15-33-24/h2,5-11,17,19,27H,3-4,12-15H2,1H3,(H,28,29)/t17-,19+/m1/s1. The van der Waals surface area contributed by atoms with Crippen molar-refractivity contribution < 1.29 is 23.7 Å². The van der Waals surface area contributed by atoms with E-state index in [1.165, 1.54) is 0 Å². The molecule has 0 aliphatic carbocycles. The molecule has 0 unspecified atom stereocenters. The van der Waals surface area contributed by atoms with Crippen LogP contribution in [0.3, 0.4) is 0 Å². The molecular formula is C25H27N3O5. The summed E-state index contributed by atoms with van der Waals surface area (Å²) in [5.41, 5.74) is 2.68. The number of rotatable bonds is 7. The molecule has 1 amide bonds. The smallest absolute Gasteiger partial charge is 0.262 e. The quantitative estimate of drug-likeness (QED) is 0.572. The lowest BCUT2D eigenvalue weighted by molar-refractivity contribution is -0.118. The number of nitrogens with zero attached hydrogens (tertiary/aromatic N) is 1. The molecular weight excluding hydrogens is 422 g/mol. The van der Waals surface area contributed by atoms with Crippen molar-refractivity contribution in [3.63, 3.8) is 0 Å². The molecule has 0 saturated carbocycles. The summed E-state index contributed by atoms with van der Waals surface area (Å²) in [7, 11) is 1.65. The second kappa shape index (κ2) is 9.64. The van der Waals surface area contributed by atoms with E-state index in [0.717, 1.165) is 46.5 Å². The Hall–Kier alpha value is -3.36. The van der Waals surface area contributed by atoms with Crippen LogP contribution in [0.25, 0.3) is 10.9 Å². The summed E-state index contributed by atoms with van der Waals surface area (Å²) in [5, 5.41) is 7.32. The SMILES string of the molecule is COc1ccc2nccc(OC[C@@H]3CC[C@@H](NCc4ccc5c(c4)NC(=O)CO5)CO3)c2c1. The number of benzene rings is 2. The van der Waals surface area contributed by atoms with E-state index in [9.17, 15) is 4.79 Å². The van der Waals surface area contributed by atoms with Crippen LogP contribution in [-0.4, -0.2) is 50.0 Å². The lowest BCUT2D eigenvalue weighted by atomic mass is 10.0. The Morgan fingerprint density at radius 3 is 2.97 bits per heavy atom. The molecule has 3 aromatic rings. The molecule has 8 nitrogen and oxygen atoms in total. The van der Waals surface area contributed by atoms with Crippen molar-refractivity contribution in [1.82, 2.24) is 10.3 Å². The fourth-order valence-electron chi connectivity index (χ4n) is 4.14. The molecule has 172 valence electrons. The summed E-state index contributed by atoms with van der Waals surface area (Å²) in [6.45, 7) is 1.89. The minimum atomic E-state index is -0.125. The van der Waals surface area contributed by atoms with Gasteiger partial charge in [0.2, 0.25) is 0 Å².